The zero-order valence-electron chi connectivity index (χ0n) is 20.3. The zero-order valence-corrected chi connectivity index (χ0v) is 20.3. The maximum absolute atomic E-state index is 13.3. The largest absolute Gasteiger partial charge is 0.417 e. The molecule has 1 saturated heterocycles. The van der Waals surface area contributed by atoms with Crippen molar-refractivity contribution in [2.75, 3.05) is 23.3 Å². The molecule has 0 aromatic carbocycles. The molecule has 0 spiro atoms. The van der Waals surface area contributed by atoms with Gasteiger partial charge in [0.1, 0.15) is 17.1 Å². The molecule has 1 unspecified atom stereocenters. The summed E-state index contributed by atoms with van der Waals surface area (Å²) in [4.78, 5) is 25.5. The predicted molar refractivity (Wildman–Crippen MR) is 135 cm³/mol. The van der Waals surface area contributed by atoms with Crippen LogP contribution < -0.4 is 10.2 Å². The Hall–Kier alpha value is -4.24. The van der Waals surface area contributed by atoms with Crippen LogP contribution in [-0.4, -0.2) is 48.7 Å². The van der Waals surface area contributed by atoms with Crippen molar-refractivity contribution in [1.82, 2.24) is 24.9 Å². The summed E-state index contributed by atoms with van der Waals surface area (Å²) in [5.74, 6) is 1.43. The fourth-order valence-electron chi connectivity index (χ4n) is 4.85. The van der Waals surface area contributed by atoms with Gasteiger partial charge in [0, 0.05) is 35.7 Å². The monoisotopic (exact) mass is 520 g/mol. The molecule has 3 N–H and O–H groups in total. The van der Waals surface area contributed by atoms with E-state index < -0.39 is 17.3 Å². The van der Waals surface area contributed by atoms with Crippen LogP contribution in [0.3, 0.4) is 0 Å². The standard InChI is InChI=1S/C26H23F3N8O/c1-14(15-3-6-21(31-8-15)37-12-25(38,13-37)16-4-5-16)35-24-34-11-20(30-2)22(36-24)19-10-33-23-18(19)7-17(9-32-23)26(27,28)29/h3,6-11,14,16,38H,4-5,12-13H2,1H3,(H,32,33)(H,34,35,36). The van der Waals surface area contributed by atoms with Crippen LogP contribution >= 0.6 is 0 Å². The van der Waals surface area contributed by atoms with Gasteiger partial charge in [-0.3, -0.25) is 0 Å². The molecule has 12 heteroatoms. The van der Waals surface area contributed by atoms with E-state index in [2.05, 4.69) is 40.0 Å². The Kier molecular flexibility index (Phi) is 5.50. The number of aromatic nitrogens is 5. The first-order valence-corrected chi connectivity index (χ1v) is 12.1. The molecule has 1 aliphatic carbocycles. The van der Waals surface area contributed by atoms with E-state index in [1.165, 1.54) is 12.4 Å². The van der Waals surface area contributed by atoms with E-state index in [0.717, 1.165) is 36.5 Å². The maximum Gasteiger partial charge on any atom is 0.417 e. The highest BCUT2D eigenvalue weighted by Gasteiger charge is 2.52. The third-order valence-electron chi connectivity index (χ3n) is 7.21. The maximum atomic E-state index is 13.3. The number of rotatable bonds is 6. The second-order valence-electron chi connectivity index (χ2n) is 9.91. The van der Waals surface area contributed by atoms with Crippen molar-refractivity contribution in [3.05, 3.63) is 65.5 Å². The average molecular weight is 521 g/mol. The Labute approximate surface area is 215 Å². The minimum atomic E-state index is -4.55. The molecule has 38 heavy (non-hydrogen) atoms. The zero-order chi connectivity index (χ0) is 26.7. The van der Waals surface area contributed by atoms with Gasteiger partial charge in [-0.2, -0.15) is 13.2 Å². The Balaban J connectivity index is 1.22. The number of alkyl halides is 3. The van der Waals surface area contributed by atoms with Gasteiger partial charge in [0.15, 0.2) is 0 Å². The van der Waals surface area contributed by atoms with Crippen LogP contribution in [0.25, 0.3) is 27.1 Å². The predicted octanol–water partition coefficient (Wildman–Crippen LogP) is 5.12. The van der Waals surface area contributed by atoms with E-state index >= 15 is 0 Å². The Bertz CT molecular complexity index is 1550. The van der Waals surface area contributed by atoms with Crippen LogP contribution in [-0.2, 0) is 6.18 Å². The van der Waals surface area contributed by atoms with E-state index in [-0.39, 0.29) is 34.4 Å². The van der Waals surface area contributed by atoms with Gasteiger partial charge in [0.2, 0.25) is 11.6 Å². The Morgan fingerprint density at radius 3 is 2.63 bits per heavy atom. The first-order chi connectivity index (χ1) is 18.1. The van der Waals surface area contributed by atoms with Crippen molar-refractivity contribution in [3.63, 3.8) is 0 Å². The third kappa shape index (κ3) is 4.28. The van der Waals surface area contributed by atoms with Crippen LogP contribution in [0.2, 0.25) is 0 Å². The lowest BCUT2D eigenvalue weighted by Gasteiger charge is -2.47. The van der Waals surface area contributed by atoms with Gasteiger partial charge in [0.25, 0.3) is 0 Å². The topological polar surface area (TPSA) is 107 Å². The van der Waals surface area contributed by atoms with Gasteiger partial charge in [-0.1, -0.05) is 6.07 Å². The molecule has 1 saturated carbocycles. The fraction of sp³-hybridized carbons (Fsp3) is 0.346. The second-order valence-corrected chi connectivity index (χ2v) is 9.91. The lowest BCUT2D eigenvalue weighted by atomic mass is 9.89. The van der Waals surface area contributed by atoms with Crippen molar-refractivity contribution in [3.8, 4) is 11.3 Å². The number of aliphatic hydroxyl groups is 1. The lowest BCUT2D eigenvalue weighted by Crippen LogP contribution is -2.63. The summed E-state index contributed by atoms with van der Waals surface area (Å²) in [7, 11) is 0. The molecule has 5 heterocycles. The number of hydrogen-bond donors (Lipinski definition) is 3. The van der Waals surface area contributed by atoms with Crippen molar-refractivity contribution < 1.29 is 18.3 Å². The summed E-state index contributed by atoms with van der Waals surface area (Å²) in [5.41, 5.74) is 0.292. The summed E-state index contributed by atoms with van der Waals surface area (Å²) >= 11 is 0. The van der Waals surface area contributed by atoms with Crippen LogP contribution in [0.15, 0.2) is 43.0 Å². The van der Waals surface area contributed by atoms with Gasteiger partial charge in [-0.15, -0.1) is 0 Å². The van der Waals surface area contributed by atoms with Gasteiger partial charge in [-0.05, 0) is 43.4 Å². The summed E-state index contributed by atoms with van der Waals surface area (Å²) in [5, 5.41) is 14.0. The number of aromatic amines is 1. The number of fused-ring (bicyclic) bond motifs is 1. The molecule has 1 aliphatic heterocycles. The van der Waals surface area contributed by atoms with E-state index in [4.69, 9.17) is 6.57 Å². The van der Waals surface area contributed by atoms with Crippen LogP contribution in [0.1, 0.15) is 36.9 Å². The molecule has 0 amide bonds. The molecule has 9 nitrogen and oxygen atoms in total. The number of β-amino-alcohol motifs (C(OH)–C–C–N with tert-alkyl or cyclic N) is 1. The van der Waals surface area contributed by atoms with E-state index in [1.807, 2.05) is 19.1 Å². The molecule has 0 radical (unpaired) electrons. The average Bonchev–Trinajstić information content (AvgIpc) is 3.66. The molecule has 4 aromatic heterocycles. The summed E-state index contributed by atoms with van der Waals surface area (Å²) in [6.07, 6.45) is 2.98. The summed E-state index contributed by atoms with van der Waals surface area (Å²) in [6.45, 7) is 10.6. The van der Waals surface area contributed by atoms with Crippen LogP contribution in [0.5, 0.6) is 0 Å². The fourth-order valence-corrected chi connectivity index (χ4v) is 4.85. The SMILES string of the molecule is [C-]#[N+]c1cnc(NC(C)c2ccc(N3CC(O)(C4CC4)C3)nc2)nc1-c1c[nH]c2ncc(C(F)(F)F)cc12. The number of nitrogens with zero attached hydrogens (tertiary/aromatic N) is 6. The third-order valence-corrected chi connectivity index (χ3v) is 7.21. The number of nitrogens with one attached hydrogen (secondary N) is 2. The Morgan fingerprint density at radius 2 is 1.97 bits per heavy atom. The Morgan fingerprint density at radius 1 is 1.18 bits per heavy atom. The lowest BCUT2D eigenvalue weighted by molar-refractivity contribution is -0.137. The van der Waals surface area contributed by atoms with Gasteiger partial charge < -0.3 is 20.3 Å². The number of anilines is 2. The van der Waals surface area contributed by atoms with Crippen molar-refractivity contribution in [1.29, 1.82) is 0 Å². The number of pyridine rings is 2. The van der Waals surface area contributed by atoms with E-state index in [1.54, 1.807) is 6.20 Å². The van der Waals surface area contributed by atoms with Crippen LogP contribution in [0.4, 0.5) is 30.6 Å². The highest BCUT2D eigenvalue weighted by molar-refractivity contribution is 5.96. The molecular formula is C26H23F3N8O. The summed E-state index contributed by atoms with van der Waals surface area (Å²) < 4.78 is 39.8. The van der Waals surface area contributed by atoms with E-state index in [0.29, 0.717) is 24.6 Å². The second kappa shape index (κ2) is 8.66. The van der Waals surface area contributed by atoms with Crippen molar-refractivity contribution in [2.24, 2.45) is 5.92 Å². The summed E-state index contributed by atoms with van der Waals surface area (Å²) in [6, 6.07) is 4.60. The van der Waals surface area contributed by atoms with Crippen LogP contribution in [0, 0.1) is 12.5 Å². The van der Waals surface area contributed by atoms with Gasteiger partial charge >= 0.3 is 6.18 Å². The van der Waals surface area contributed by atoms with Gasteiger partial charge in [-0.25, -0.2) is 24.8 Å². The number of H-pyrrole nitrogens is 1. The van der Waals surface area contributed by atoms with Crippen molar-refractivity contribution >= 4 is 28.5 Å². The molecule has 4 aromatic rings. The molecule has 1 atom stereocenters. The molecular weight excluding hydrogens is 497 g/mol. The molecule has 194 valence electrons. The van der Waals surface area contributed by atoms with Gasteiger partial charge in [0.05, 0.1) is 37.0 Å². The molecule has 2 aliphatic rings. The molecule has 0 bridgehead atoms. The quantitative estimate of drug-likeness (QED) is 0.303. The highest BCUT2D eigenvalue weighted by Crippen LogP contribution is 2.45. The normalized spacial score (nSPS) is 17.6. The first kappa shape index (κ1) is 24.1. The minimum Gasteiger partial charge on any atom is -0.386 e. The molecule has 6 rings (SSSR count). The highest BCUT2D eigenvalue weighted by atomic mass is 19.4. The van der Waals surface area contributed by atoms with E-state index in [9.17, 15) is 18.3 Å². The number of hydrogen-bond acceptors (Lipinski definition) is 7. The van der Waals surface area contributed by atoms with Crippen molar-refractivity contribution in [2.45, 2.75) is 37.6 Å². The minimum absolute atomic E-state index is 0.105. The molecule has 2 fully saturated rings. The first-order valence-electron chi connectivity index (χ1n) is 12.1. The number of halogens is 3. The smallest absolute Gasteiger partial charge is 0.386 e.